The Bertz CT molecular complexity index is 440. The van der Waals surface area contributed by atoms with E-state index in [9.17, 15) is 12.8 Å². The van der Waals surface area contributed by atoms with Crippen LogP contribution in [0.2, 0.25) is 0 Å². The van der Waals surface area contributed by atoms with Crippen LogP contribution in [0.4, 0.5) is 4.39 Å². The van der Waals surface area contributed by atoms with Crippen LogP contribution in [0.3, 0.4) is 0 Å². The minimum absolute atomic E-state index is 0.00383. The maximum atomic E-state index is 13.0. The van der Waals surface area contributed by atoms with Crippen LogP contribution in [0, 0.1) is 0 Å². The summed E-state index contributed by atoms with van der Waals surface area (Å²) in [6, 6.07) is 7.76. The molecule has 0 saturated carbocycles. The number of nitrogens with two attached hydrogens (primary N) is 1. The predicted molar refractivity (Wildman–Crippen MR) is 56.7 cm³/mol. The van der Waals surface area contributed by atoms with Gasteiger partial charge >= 0.3 is 0 Å². The molecule has 15 heavy (non-hydrogen) atoms. The second-order valence-corrected chi connectivity index (χ2v) is 4.95. The average molecular weight is 229 g/mol. The van der Waals surface area contributed by atoms with E-state index in [1.807, 2.05) is 0 Å². The van der Waals surface area contributed by atoms with Crippen molar-refractivity contribution in [3.8, 4) is 0 Å². The topological polar surface area (TPSA) is 60.2 Å². The molecular formula is C10H12FNO2S. The van der Waals surface area contributed by atoms with Crippen LogP contribution in [0.25, 0.3) is 0 Å². The number of sulfone groups is 1. The van der Waals surface area contributed by atoms with Crippen molar-refractivity contribution in [3.05, 3.63) is 42.2 Å². The molecule has 1 rings (SSSR count). The summed E-state index contributed by atoms with van der Waals surface area (Å²) in [6.45, 7) is -0.00383. The Morgan fingerprint density at radius 3 is 2.47 bits per heavy atom. The number of hydrogen-bond acceptors (Lipinski definition) is 3. The summed E-state index contributed by atoms with van der Waals surface area (Å²) >= 11 is 0. The van der Waals surface area contributed by atoms with Gasteiger partial charge in [0.15, 0.2) is 9.84 Å². The van der Waals surface area contributed by atoms with Crippen molar-refractivity contribution in [1.29, 1.82) is 0 Å². The molecule has 0 aliphatic carbocycles. The first kappa shape index (κ1) is 11.9. The molecule has 0 radical (unpaired) electrons. The predicted octanol–water partition coefficient (Wildman–Crippen LogP) is 1.27. The van der Waals surface area contributed by atoms with Gasteiger partial charge in [-0.25, -0.2) is 12.8 Å². The average Bonchev–Trinajstić information content (AvgIpc) is 2.18. The van der Waals surface area contributed by atoms with E-state index >= 15 is 0 Å². The highest BCUT2D eigenvalue weighted by Crippen LogP contribution is 2.13. The van der Waals surface area contributed by atoms with Gasteiger partial charge in [-0.05, 0) is 18.2 Å². The molecular weight excluding hydrogens is 217 g/mol. The van der Waals surface area contributed by atoms with Gasteiger partial charge in [0, 0.05) is 6.54 Å². The van der Waals surface area contributed by atoms with E-state index in [0.29, 0.717) is 0 Å². The lowest BCUT2D eigenvalue weighted by atomic mass is 10.4. The quantitative estimate of drug-likeness (QED) is 0.845. The number of rotatable bonds is 4. The molecule has 0 bridgehead atoms. The van der Waals surface area contributed by atoms with E-state index in [1.165, 1.54) is 12.1 Å². The van der Waals surface area contributed by atoms with Crippen molar-refractivity contribution in [2.24, 2.45) is 5.73 Å². The van der Waals surface area contributed by atoms with E-state index in [2.05, 4.69) is 0 Å². The third kappa shape index (κ3) is 3.45. The van der Waals surface area contributed by atoms with E-state index in [0.717, 1.165) is 6.08 Å². The fourth-order valence-corrected chi connectivity index (χ4v) is 2.30. The Morgan fingerprint density at radius 2 is 1.93 bits per heavy atom. The standard InChI is InChI=1S/C10H12FNO2S/c11-9(6-7-12)8-15(13,14)10-4-2-1-3-5-10/h1-6H,7-8,12H2/b9-6-. The summed E-state index contributed by atoms with van der Waals surface area (Å²) in [5.74, 6) is -1.35. The summed E-state index contributed by atoms with van der Waals surface area (Å²) in [5.41, 5.74) is 5.08. The van der Waals surface area contributed by atoms with Crippen LogP contribution in [-0.4, -0.2) is 20.7 Å². The zero-order valence-electron chi connectivity index (χ0n) is 8.06. The van der Waals surface area contributed by atoms with Gasteiger partial charge in [0.05, 0.1) is 4.90 Å². The first-order chi connectivity index (χ1) is 7.06. The van der Waals surface area contributed by atoms with Gasteiger partial charge < -0.3 is 5.73 Å². The minimum atomic E-state index is -3.58. The van der Waals surface area contributed by atoms with E-state index in [1.54, 1.807) is 18.2 Å². The summed E-state index contributed by atoms with van der Waals surface area (Å²) in [5, 5.41) is 0. The fourth-order valence-electron chi connectivity index (χ4n) is 1.08. The highest BCUT2D eigenvalue weighted by Gasteiger charge is 2.15. The van der Waals surface area contributed by atoms with Crippen molar-refractivity contribution < 1.29 is 12.8 Å². The van der Waals surface area contributed by atoms with Crippen molar-refractivity contribution in [3.63, 3.8) is 0 Å². The van der Waals surface area contributed by atoms with Crippen molar-refractivity contribution in [1.82, 2.24) is 0 Å². The van der Waals surface area contributed by atoms with E-state index < -0.39 is 21.4 Å². The monoisotopic (exact) mass is 229 g/mol. The van der Waals surface area contributed by atoms with Crippen molar-refractivity contribution in [2.75, 3.05) is 12.3 Å². The summed E-state index contributed by atoms with van der Waals surface area (Å²) in [4.78, 5) is 0.116. The molecule has 0 aliphatic heterocycles. The Labute approximate surface area is 88.3 Å². The van der Waals surface area contributed by atoms with Gasteiger partial charge in [-0.2, -0.15) is 0 Å². The molecule has 1 aromatic rings. The Kier molecular flexibility index (Phi) is 3.99. The molecule has 0 aliphatic rings. The zero-order chi connectivity index (χ0) is 11.3. The van der Waals surface area contributed by atoms with Crippen LogP contribution in [-0.2, 0) is 9.84 Å². The third-order valence-corrected chi connectivity index (χ3v) is 3.42. The summed E-state index contributed by atoms with van der Waals surface area (Å²) < 4.78 is 36.2. The number of hydrogen-bond donors (Lipinski definition) is 1. The third-order valence-electron chi connectivity index (χ3n) is 1.77. The largest absolute Gasteiger partial charge is 0.327 e. The van der Waals surface area contributed by atoms with Crippen LogP contribution >= 0.6 is 0 Å². The highest BCUT2D eigenvalue weighted by molar-refractivity contribution is 7.91. The van der Waals surface area contributed by atoms with Gasteiger partial charge in [0.2, 0.25) is 0 Å². The molecule has 0 amide bonds. The minimum Gasteiger partial charge on any atom is -0.327 e. The zero-order valence-corrected chi connectivity index (χ0v) is 8.87. The molecule has 5 heteroatoms. The number of benzene rings is 1. The molecule has 1 aromatic carbocycles. The van der Waals surface area contributed by atoms with Gasteiger partial charge in [0.25, 0.3) is 0 Å². The Hall–Kier alpha value is -1.20. The molecule has 0 spiro atoms. The van der Waals surface area contributed by atoms with Gasteiger partial charge in [-0.15, -0.1) is 0 Å². The normalized spacial score (nSPS) is 12.8. The molecule has 0 atom stereocenters. The lowest BCUT2D eigenvalue weighted by Crippen LogP contribution is -2.08. The lowest BCUT2D eigenvalue weighted by molar-refractivity contribution is 0.583. The summed E-state index contributed by atoms with van der Waals surface area (Å²) in [6.07, 6.45) is 1.06. The molecule has 3 nitrogen and oxygen atoms in total. The van der Waals surface area contributed by atoms with Crippen LogP contribution in [0.1, 0.15) is 0 Å². The Balaban J connectivity index is 2.91. The molecule has 0 unspecified atom stereocenters. The van der Waals surface area contributed by atoms with E-state index in [-0.39, 0.29) is 11.4 Å². The van der Waals surface area contributed by atoms with Gasteiger partial charge in [-0.1, -0.05) is 18.2 Å². The SMILES string of the molecule is NC/C=C(\F)CS(=O)(=O)c1ccccc1. The molecule has 0 aromatic heterocycles. The molecule has 2 N–H and O–H groups in total. The molecule has 82 valence electrons. The maximum absolute atomic E-state index is 13.0. The van der Waals surface area contributed by atoms with Gasteiger partial charge in [-0.3, -0.25) is 0 Å². The van der Waals surface area contributed by atoms with E-state index in [4.69, 9.17) is 5.73 Å². The molecule has 0 fully saturated rings. The molecule has 0 heterocycles. The number of halogens is 1. The second kappa shape index (κ2) is 5.04. The smallest absolute Gasteiger partial charge is 0.184 e. The van der Waals surface area contributed by atoms with Crippen LogP contribution in [0.15, 0.2) is 47.1 Å². The lowest BCUT2D eigenvalue weighted by Gasteiger charge is -2.01. The first-order valence-electron chi connectivity index (χ1n) is 4.38. The highest BCUT2D eigenvalue weighted by atomic mass is 32.2. The van der Waals surface area contributed by atoms with Gasteiger partial charge in [0.1, 0.15) is 11.6 Å². The second-order valence-electron chi connectivity index (χ2n) is 2.96. The van der Waals surface area contributed by atoms with Crippen LogP contribution in [0.5, 0.6) is 0 Å². The van der Waals surface area contributed by atoms with Crippen molar-refractivity contribution in [2.45, 2.75) is 4.90 Å². The fraction of sp³-hybridized carbons (Fsp3) is 0.200. The Morgan fingerprint density at radius 1 is 1.33 bits per heavy atom. The van der Waals surface area contributed by atoms with Crippen LogP contribution < -0.4 is 5.73 Å². The first-order valence-corrected chi connectivity index (χ1v) is 6.04. The van der Waals surface area contributed by atoms with Crippen molar-refractivity contribution >= 4 is 9.84 Å². The maximum Gasteiger partial charge on any atom is 0.184 e. The molecule has 0 saturated heterocycles. The summed E-state index contributed by atoms with van der Waals surface area (Å²) in [7, 11) is -3.58.